The molecule has 1 amide bonds. The minimum absolute atomic E-state index is 0.0511. The van der Waals surface area contributed by atoms with Crippen molar-refractivity contribution >= 4 is 15.9 Å². The lowest BCUT2D eigenvalue weighted by Crippen LogP contribution is -2.46. The van der Waals surface area contributed by atoms with Crippen LogP contribution in [0.15, 0.2) is 6.07 Å². The molecule has 1 N–H and O–H groups in total. The van der Waals surface area contributed by atoms with Gasteiger partial charge in [-0.1, -0.05) is 0 Å². The molecule has 0 atom stereocenters. The summed E-state index contributed by atoms with van der Waals surface area (Å²) >= 11 is 0. The summed E-state index contributed by atoms with van der Waals surface area (Å²) in [5.74, 6) is -0.0502. The number of rotatable bonds is 5. The van der Waals surface area contributed by atoms with Gasteiger partial charge in [-0.05, 0) is 58.4 Å². The van der Waals surface area contributed by atoms with Crippen molar-refractivity contribution in [3.8, 4) is 6.01 Å². The summed E-state index contributed by atoms with van der Waals surface area (Å²) in [5.41, 5.74) is 1.79. The zero-order chi connectivity index (χ0) is 20.3. The summed E-state index contributed by atoms with van der Waals surface area (Å²) in [6.07, 6.45) is 5.90. The average molecular weight is 411 g/mol. The third kappa shape index (κ3) is 5.64. The van der Waals surface area contributed by atoms with Crippen LogP contribution in [0.25, 0.3) is 0 Å². The van der Waals surface area contributed by atoms with Gasteiger partial charge < -0.3 is 10.1 Å². The van der Waals surface area contributed by atoms with E-state index in [0.29, 0.717) is 31.9 Å². The highest BCUT2D eigenvalue weighted by Crippen LogP contribution is 2.24. The smallest absolute Gasteiger partial charge is 0.317 e. The summed E-state index contributed by atoms with van der Waals surface area (Å²) in [6, 6.07) is 2.50. The Kier molecular flexibility index (Phi) is 6.54. The van der Waals surface area contributed by atoms with Crippen molar-refractivity contribution in [2.75, 3.05) is 19.3 Å². The maximum atomic E-state index is 12.5. The lowest BCUT2D eigenvalue weighted by atomic mass is 9.91. The molecule has 0 spiro atoms. The molecule has 3 rings (SSSR count). The third-order valence-corrected chi connectivity index (χ3v) is 6.85. The number of hydrogen-bond acceptors (Lipinski definition) is 6. The van der Waals surface area contributed by atoms with E-state index in [1.54, 1.807) is 0 Å². The van der Waals surface area contributed by atoms with E-state index in [1.807, 2.05) is 19.9 Å². The third-order valence-electron chi connectivity index (χ3n) is 5.55. The molecule has 156 valence electrons. The van der Waals surface area contributed by atoms with Gasteiger partial charge in [0.05, 0.1) is 6.26 Å². The molecule has 0 unspecified atom stereocenters. The fourth-order valence-corrected chi connectivity index (χ4v) is 4.86. The van der Waals surface area contributed by atoms with E-state index in [9.17, 15) is 13.2 Å². The van der Waals surface area contributed by atoms with E-state index in [1.165, 1.54) is 10.6 Å². The summed E-state index contributed by atoms with van der Waals surface area (Å²) in [4.78, 5) is 21.2. The minimum Gasteiger partial charge on any atom is -0.460 e. The summed E-state index contributed by atoms with van der Waals surface area (Å²) in [6.45, 7) is 4.70. The fraction of sp³-hybridized carbons (Fsp3) is 0.737. The van der Waals surface area contributed by atoms with Crippen molar-refractivity contribution < 1.29 is 17.9 Å². The zero-order valence-electron chi connectivity index (χ0n) is 16.8. The number of ether oxygens (including phenoxy) is 1. The molecule has 2 heterocycles. The van der Waals surface area contributed by atoms with Crippen molar-refractivity contribution in [1.82, 2.24) is 19.6 Å². The van der Waals surface area contributed by atoms with Gasteiger partial charge in [-0.25, -0.2) is 22.7 Å². The SMILES string of the molecule is Cc1cc(C)nc(OC2CCC(NC(=O)C3CCN(S(C)(=O)=O)CC3)CC2)n1. The van der Waals surface area contributed by atoms with Crippen molar-refractivity contribution in [1.29, 1.82) is 0 Å². The molecular formula is C19H30N4O4S. The van der Waals surface area contributed by atoms with Gasteiger partial charge in [-0.15, -0.1) is 0 Å². The molecule has 1 aliphatic carbocycles. The molecule has 2 fully saturated rings. The molecule has 28 heavy (non-hydrogen) atoms. The molecule has 1 saturated heterocycles. The first-order valence-corrected chi connectivity index (χ1v) is 11.8. The largest absolute Gasteiger partial charge is 0.460 e. The van der Waals surface area contributed by atoms with Gasteiger partial charge in [-0.2, -0.15) is 0 Å². The van der Waals surface area contributed by atoms with E-state index < -0.39 is 10.0 Å². The second-order valence-electron chi connectivity index (χ2n) is 7.97. The topological polar surface area (TPSA) is 101 Å². The van der Waals surface area contributed by atoms with Crippen LogP contribution in [0.2, 0.25) is 0 Å². The maximum Gasteiger partial charge on any atom is 0.317 e. The van der Waals surface area contributed by atoms with E-state index in [0.717, 1.165) is 37.1 Å². The number of carbonyl (C=O) groups excluding carboxylic acids is 1. The molecule has 8 nitrogen and oxygen atoms in total. The van der Waals surface area contributed by atoms with Crippen LogP contribution < -0.4 is 10.1 Å². The number of sulfonamides is 1. The average Bonchev–Trinajstić information content (AvgIpc) is 2.62. The Labute approximate surface area is 167 Å². The van der Waals surface area contributed by atoms with Crippen molar-refractivity contribution in [3.63, 3.8) is 0 Å². The highest BCUT2D eigenvalue weighted by Gasteiger charge is 2.31. The Morgan fingerprint density at radius 2 is 1.64 bits per heavy atom. The summed E-state index contributed by atoms with van der Waals surface area (Å²) < 4.78 is 30.6. The van der Waals surface area contributed by atoms with Gasteiger partial charge in [-0.3, -0.25) is 4.79 Å². The van der Waals surface area contributed by atoms with Crippen molar-refractivity contribution in [2.24, 2.45) is 5.92 Å². The van der Waals surface area contributed by atoms with Crippen molar-refractivity contribution in [3.05, 3.63) is 17.5 Å². The molecule has 1 aromatic rings. The standard InChI is InChI=1S/C19H30N4O4S/c1-13-12-14(2)21-19(20-13)27-17-6-4-16(5-7-17)22-18(24)15-8-10-23(11-9-15)28(3,25)26/h12,15-17H,4-11H2,1-3H3,(H,22,24). The lowest BCUT2D eigenvalue weighted by molar-refractivity contribution is -0.127. The number of nitrogens with zero attached hydrogens (tertiary/aromatic N) is 3. The van der Waals surface area contributed by atoms with Crippen molar-refractivity contribution in [2.45, 2.75) is 64.5 Å². The van der Waals surface area contributed by atoms with Gasteiger partial charge in [0.15, 0.2) is 0 Å². The number of piperidine rings is 1. The molecule has 1 saturated carbocycles. The molecule has 0 bridgehead atoms. The molecular weight excluding hydrogens is 380 g/mol. The molecule has 0 radical (unpaired) electrons. The van der Waals surface area contributed by atoms with Crippen LogP contribution >= 0.6 is 0 Å². The Balaban J connectivity index is 1.42. The zero-order valence-corrected chi connectivity index (χ0v) is 17.7. The number of aryl methyl sites for hydroxylation is 2. The van der Waals surface area contributed by atoms with Crippen LogP contribution in [0.4, 0.5) is 0 Å². The van der Waals surface area contributed by atoms with E-state index in [4.69, 9.17) is 4.74 Å². The number of amides is 1. The van der Waals surface area contributed by atoms with Crippen LogP contribution in [-0.4, -0.2) is 60.1 Å². The number of nitrogens with one attached hydrogen (secondary N) is 1. The monoisotopic (exact) mass is 410 g/mol. The Morgan fingerprint density at radius 1 is 1.07 bits per heavy atom. The minimum atomic E-state index is -3.16. The summed E-state index contributed by atoms with van der Waals surface area (Å²) in [7, 11) is -3.16. The van der Waals surface area contributed by atoms with E-state index in [-0.39, 0.29) is 24.0 Å². The molecule has 9 heteroatoms. The fourth-order valence-electron chi connectivity index (χ4n) is 3.99. The van der Waals surface area contributed by atoms with Crippen LogP contribution in [0.3, 0.4) is 0 Å². The van der Waals surface area contributed by atoms with Gasteiger partial charge in [0, 0.05) is 36.4 Å². The number of carbonyl (C=O) groups is 1. The van der Waals surface area contributed by atoms with Gasteiger partial charge >= 0.3 is 6.01 Å². The van der Waals surface area contributed by atoms with E-state index in [2.05, 4.69) is 15.3 Å². The molecule has 1 aliphatic heterocycles. The Hall–Kier alpha value is -1.74. The highest BCUT2D eigenvalue weighted by atomic mass is 32.2. The normalized spacial score (nSPS) is 24.7. The van der Waals surface area contributed by atoms with E-state index >= 15 is 0 Å². The predicted octanol–water partition coefficient (Wildman–Crippen LogP) is 1.57. The predicted molar refractivity (Wildman–Crippen MR) is 105 cm³/mol. The Bertz CT molecular complexity index is 778. The lowest BCUT2D eigenvalue weighted by Gasteiger charge is -2.32. The van der Waals surface area contributed by atoms with Gasteiger partial charge in [0.25, 0.3) is 0 Å². The van der Waals surface area contributed by atoms with Crippen LogP contribution in [0, 0.1) is 19.8 Å². The first kappa shape index (κ1) is 21.0. The van der Waals surface area contributed by atoms with Crippen LogP contribution in [-0.2, 0) is 14.8 Å². The first-order chi connectivity index (χ1) is 13.2. The van der Waals surface area contributed by atoms with Crippen LogP contribution in [0.1, 0.15) is 49.9 Å². The van der Waals surface area contributed by atoms with Gasteiger partial charge in [0.1, 0.15) is 6.10 Å². The van der Waals surface area contributed by atoms with Crippen LogP contribution in [0.5, 0.6) is 6.01 Å². The second-order valence-corrected chi connectivity index (χ2v) is 9.95. The molecule has 0 aromatic carbocycles. The summed E-state index contributed by atoms with van der Waals surface area (Å²) in [5, 5.41) is 3.15. The number of hydrogen-bond donors (Lipinski definition) is 1. The highest BCUT2D eigenvalue weighted by molar-refractivity contribution is 7.88. The second kappa shape index (κ2) is 8.73. The van der Waals surface area contributed by atoms with Gasteiger partial charge in [0.2, 0.25) is 15.9 Å². The first-order valence-electron chi connectivity index (χ1n) is 9.95. The number of aromatic nitrogens is 2. The Morgan fingerprint density at radius 3 is 2.18 bits per heavy atom. The quantitative estimate of drug-likeness (QED) is 0.791. The molecule has 2 aliphatic rings. The maximum absolute atomic E-state index is 12.5. The molecule has 1 aromatic heterocycles.